The van der Waals surface area contributed by atoms with Crippen LogP contribution < -0.4 is 21.1 Å². The molecule has 0 amide bonds. The highest BCUT2D eigenvalue weighted by Crippen LogP contribution is 2.47. The van der Waals surface area contributed by atoms with E-state index in [2.05, 4.69) is 19.9 Å². The van der Waals surface area contributed by atoms with E-state index in [0.29, 0.717) is 122 Å². The number of hydrogen-bond donors (Lipinski definition) is 4. The van der Waals surface area contributed by atoms with Crippen LogP contribution >= 0.6 is 23.2 Å². The van der Waals surface area contributed by atoms with Crippen LogP contribution in [0.4, 0.5) is 0 Å². The molecule has 3 atom stereocenters. The Morgan fingerprint density at radius 1 is 0.944 bits per heavy atom. The van der Waals surface area contributed by atoms with Crippen molar-refractivity contribution >= 4 is 40.0 Å². The highest BCUT2D eigenvalue weighted by atomic mass is 35.5. The molecule has 1 saturated heterocycles. The van der Waals surface area contributed by atoms with E-state index < -0.39 is 11.2 Å². The van der Waals surface area contributed by atoms with Gasteiger partial charge in [-0.05, 0) is 94.7 Å². The number of piperidine rings is 1. The predicted octanol–water partition coefficient (Wildman–Crippen LogP) is 6.79. The number of benzene rings is 1. The molecule has 1 aromatic carbocycles. The number of likely N-dealkylation sites (tertiary alicyclic amines) is 1. The topological polar surface area (TPSA) is 210 Å². The van der Waals surface area contributed by atoms with Gasteiger partial charge in [-0.2, -0.15) is 0 Å². The molecule has 2 aliphatic carbocycles. The number of dihydropyridines is 1. The number of nitrogens with zero attached hydrogens (tertiary/aromatic N) is 9. The third-order valence-corrected chi connectivity index (χ3v) is 15.4. The highest BCUT2D eigenvalue weighted by molar-refractivity contribution is 6.37. The molecule has 4 aliphatic rings. The maximum atomic E-state index is 12.8. The second kappa shape index (κ2) is 20.2. The van der Waals surface area contributed by atoms with Crippen LogP contribution in [0.5, 0.6) is 11.6 Å². The Labute approximate surface area is 430 Å². The van der Waals surface area contributed by atoms with Gasteiger partial charge in [0.2, 0.25) is 11.5 Å². The maximum Gasteiger partial charge on any atom is 0.259 e. The molecule has 6 heterocycles. The van der Waals surface area contributed by atoms with E-state index in [1.807, 2.05) is 100 Å². The quantitative estimate of drug-likeness (QED) is 0.0593. The van der Waals surface area contributed by atoms with Gasteiger partial charge in [-0.15, -0.1) is 0 Å². The zero-order chi connectivity index (χ0) is 51.4. The van der Waals surface area contributed by atoms with Crippen molar-refractivity contribution in [2.45, 2.75) is 83.6 Å². The third kappa shape index (κ3) is 9.23. The fraction of sp³-hybridized carbons (Fsp3) is 0.453. The standard InChI is InChI=1S/C53H65Cl2N11O6/c1-29-22-36(52(67,42(25-56)65(8)57)40-14-10-30(2)60-31(40)3)24-39-46(55)49(50(69-9)62-47(29)39)72-37-16-18-66(19-17-37)20-21-70-51-48(71-28-34-11-12-34)45(54)38-23-35(13-15-41(38)61-51)53(68,43-26-58-32(4)63(43)6)44-27-59-33(5)64(44)7/h10,13-15,22-27,29,34,37,47,67-68H,11-12,16-21,28,56-57H2,1-9H3/b42-25-. The average Bonchev–Trinajstić information content (AvgIpc) is 4.04. The summed E-state index contributed by atoms with van der Waals surface area (Å²) >= 11 is 14.6. The fourth-order valence-corrected chi connectivity index (χ4v) is 10.7. The number of likely N-dealkylation sites (N-methyl/N-ethyl adjacent to an activating group) is 1. The number of hydrogen-bond acceptors (Lipinski definition) is 15. The first-order valence-electron chi connectivity index (χ1n) is 24.4. The van der Waals surface area contributed by atoms with Crippen LogP contribution in [-0.4, -0.2) is 114 Å². The van der Waals surface area contributed by atoms with Gasteiger partial charge in [0.25, 0.3) is 11.8 Å². The summed E-state index contributed by atoms with van der Waals surface area (Å²) in [7, 11) is 6.96. The lowest BCUT2D eigenvalue weighted by Gasteiger charge is -2.40. The summed E-state index contributed by atoms with van der Waals surface area (Å²) < 4.78 is 29.1. The normalized spacial score (nSPS) is 19.9. The monoisotopic (exact) mass is 1020 g/mol. The molecule has 0 radical (unpaired) electrons. The van der Waals surface area contributed by atoms with Gasteiger partial charge in [0.1, 0.15) is 24.4 Å². The first kappa shape index (κ1) is 51.0. The van der Waals surface area contributed by atoms with Crippen molar-refractivity contribution in [1.82, 2.24) is 39.0 Å². The molecule has 4 aromatic heterocycles. The molecule has 17 nitrogen and oxygen atoms in total. The van der Waals surface area contributed by atoms with Crippen LogP contribution in [0.1, 0.15) is 78.2 Å². The Morgan fingerprint density at radius 2 is 1.62 bits per heavy atom. The largest absolute Gasteiger partial charge is 0.486 e. The Hall–Kier alpha value is -5.95. The van der Waals surface area contributed by atoms with Crippen molar-refractivity contribution in [2.24, 2.45) is 42.5 Å². The second-order valence-electron chi connectivity index (χ2n) is 19.5. The van der Waals surface area contributed by atoms with Crippen molar-refractivity contribution in [1.29, 1.82) is 0 Å². The van der Waals surface area contributed by atoms with Crippen molar-refractivity contribution in [3.05, 3.63) is 139 Å². The van der Waals surface area contributed by atoms with Gasteiger partial charge < -0.3 is 49.0 Å². The lowest BCUT2D eigenvalue weighted by Crippen LogP contribution is -2.44. The summed E-state index contributed by atoms with van der Waals surface area (Å²) in [5.74, 6) is 9.44. The second-order valence-corrected chi connectivity index (χ2v) is 20.3. The van der Waals surface area contributed by atoms with Crippen molar-refractivity contribution in [3.63, 3.8) is 0 Å². The average molecular weight is 1020 g/mol. The molecule has 0 bridgehead atoms. The predicted molar refractivity (Wildman–Crippen MR) is 277 cm³/mol. The first-order chi connectivity index (χ1) is 34.4. The van der Waals surface area contributed by atoms with Crippen LogP contribution in [0.15, 0.2) is 93.7 Å². The van der Waals surface area contributed by atoms with Gasteiger partial charge in [0.15, 0.2) is 11.2 Å². The van der Waals surface area contributed by atoms with E-state index in [0.717, 1.165) is 43.3 Å². The van der Waals surface area contributed by atoms with Gasteiger partial charge in [-0.25, -0.2) is 25.8 Å². The minimum Gasteiger partial charge on any atom is -0.486 e. The number of hydrazine groups is 1. The number of ether oxygens (including phenoxy) is 4. The van der Waals surface area contributed by atoms with E-state index in [4.69, 9.17) is 63.7 Å². The molecule has 6 N–H and O–H groups in total. The lowest BCUT2D eigenvalue weighted by atomic mass is 9.75. The highest BCUT2D eigenvalue weighted by Gasteiger charge is 2.45. The number of rotatable bonds is 16. The molecule has 0 spiro atoms. The summed E-state index contributed by atoms with van der Waals surface area (Å²) in [5.41, 5.74) is 8.59. The number of imidazole rings is 2. The Morgan fingerprint density at radius 3 is 2.21 bits per heavy atom. The Balaban J connectivity index is 0.911. The van der Waals surface area contributed by atoms with Gasteiger partial charge in [-0.1, -0.05) is 48.3 Å². The molecular weight excluding hydrogens is 958 g/mol. The zero-order valence-electron chi connectivity index (χ0n) is 42.4. The van der Waals surface area contributed by atoms with Crippen LogP contribution in [0, 0.1) is 39.5 Å². The molecule has 2 aliphatic heterocycles. The van der Waals surface area contributed by atoms with Crippen LogP contribution in [-0.2, 0) is 34.8 Å². The SMILES string of the molecule is COC1=NC2C(=CC(C(O)(/C(=C/N)N(C)N)c3ccc(C)nc3C)=CC2C)C(Cl)=C1OC1CCN(CCOc2nc3ccc(C(O)(c4cnc(C)n4C)c4cnc(C)n4C)cc3c(Cl)c2OCC2CC2)CC1. The number of fused-ring (bicyclic) bond motifs is 2. The number of aliphatic imine (C=N–C) groups is 1. The van der Waals surface area contributed by atoms with E-state index >= 15 is 0 Å². The third-order valence-electron chi connectivity index (χ3n) is 14.7. The van der Waals surface area contributed by atoms with Gasteiger partial charge in [0, 0.05) is 80.8 Å². The minimum atomic E-state index is -1.77. The van der Waals surface area contributed by atoms with Gasteiger partial charge in [0.05, 0.1) is 64.8 Å². The molecule has 9 rings (SSSR count). The zero-order valence-corrected chi connectivity index (χ0v) is 43.9. The molecule has 5 aromatic rings. The lowest BCUT2D eigenvalue weighted by molar-refractivity contribution is 0.0493. The smallest absolute Gasteiger partial charge is 0.259 e. The van der Waals surface area contributed by atoms with E-state index in [-0.39, 0.29) is 23.8 Å². The fourth-order valence-electron chi connectivity index (χ4n) is 10.1. The number of halogens is 2. The summed E-state index contributed by atoms with van der Waals surface area (Å²) in [6.45, 7) is 12.5. The number of aryl methyl sites for hydroxylation is 4. The first-order valence-corrected chi connectivity index (χ1v) is 25.2. The van der Waals surface area contributed by atoms with E-state index in [9.17, 15) is 10.2 Å². The number of nitrogens with two attached hydrogens (primary N) is 2. The van der Waals surface area contributed by atoms with Gasteiger partial charge in [-0.3, -0.25) is 9.88 Å². The minimum absolute atomic E-state index is 0.176. The molecule has 19 heteroatoms. The summed E-state index contributed by atoms with van der Waals surface area (Å²) in [6, 6.07) is 8.89. The van der Waals surface area contributed by atoms with Crippen molar-refractivity contribution < 1.29 is 29.2 Å². The van der Waals surface area contributed by atoms with Crippen LogP contribution in [0.25, 0.3) is 10.9 Å². The number of aliphatic hydroxyl groups is 2. The van der Waals surface area contributed by atoms with Crippen molar-refractivity contribution in [2.75, 3.05) is 47.0 Å². The molecule has 2 fully saturated rings. The number of methoxy groups -OCH3 is 1. The molecule has 382 valence electrons. The van der Waals surface area contributed by atoms with Crippen molar-refractivity contribution in [3.8, 4) is 11.6 Å². The molecule has 72 heavy (non-hydrogen) atoms. The number of aromatic nitrogens is 6. The summed E-state index contributed by atoms with van der Waals surface area (Å²) in [6.07, 6.45) is 12.0. The molecule has 3 unspecified atom stereocenters. The van der Waals surface area contributed by atoms with Gasteiger partial charge >= 0.3 is 0 Å². The number of pyridine rings is 2. The van der Waals surface area contributed by atoms with Crippen LogP contribution in [0.2, 0.25) is 5.02 Å². The Kier molecular flexibility index (Phi) is 14.3. The maximum absolute atomic E-state index is 12.8. The molecular formula is C53H65Cl2N11O6. The van der Waals surface area contributed by atoms with E-state index in [1.54, 1.807) is 26.6 Å². The van der Waals surface area contributed by atoms with Crippen LogP contribution in [0.3, 0.4) is 0 Å². The molecule has 1 saturated carbocycles. The summed E-state index contributed by atoms with van der Waals surface area (Å²) in [5, 5.41) is 28.3. The summed E-state index contributed by atoms with van der Waals surface area (Å²) in [4.78, 5) is 26.0. The Bertz CT molecular complexity index is 3010. The van der Waals surface area contributed by atoms with E-state index in [1.165, 1.54) is 11.2 Å².